The Kier molecular flexibility index (Phi) is 4.52. The molecule has 1 N–H and O–H groups in total. The lowest BCUT2D eigenvalue weighted by Gasteiger charge is -2.34. The van der Waals surface area contributed by atoms with E-state index in [2.05, 4.69) is 40.5 Å². The van der Waals surface area contributed by atoms with E-state index in [-0.39, 0.29) is 0 Å². The third kappa shape index (κ3) is 3.37. The molecule has 1 aromatic rings. The van der Waals surface area contributed by atoms with Gasteiger partial charge in [0.2, 0.25) is 0 Å². The molecule has 2 nitrogen and oxygen atoms in total. The van der Waals surface area contributed by atoms with Crippen LogP contribution in [0.15, 0.2) is 30.3 Å². The van der Waals surface area contributed by atoms with E-state index in [0.717, 1.165) is 18.5 Å². The molecule has 2 fully saturated rings. The summed E-state index contributed by atoms with van der Waals surface area (Å²) in [6, 6.07) is 11.8. The summed E-state index contributed by atoms with van der Waals surface area (Å²) in [5.74, 6) is 0.918. The van der Waals surface area contributed by atoms with Crippen molar-refractivity contribution in [1.82, 2.24) is 10.2 Å². The van der Waals surface area contributed by atoms with E-state index < -0.39 is 0 Å². The molecule has 0 amide bonds. The van der Waals surface area contributed by atoms with Crippen molar-refractivity contribution in [3.05, 3.63) is 35.9 Å². The van der Waals surface area contributed by atoms with Crippen LogP contribution in [0.1, 0.15) is 37.7 Å². The van der Waals surface area contributed by atoms with Crippen molar-refractivity contribution in [2.24, 2.45) is 5.92 Å². The summed E-state index contributed by atoms with van der Waals surface area (Å²) in [5.41, 5.74) is 1.47. The molecule has 0 aromatic heterocycles. The fourth-order valence-corrected chi connectivity index (χ4v) is 3.81. The fourth-order valence-electron chi connectivity index (χ4n) is 3.81. The highest BCUT2D eigenvalue weighted by Crippen LogP contribution is 2.29. The normalized spacial score (nSPS) is 29.3. The third-order valence-electron chi connectivity index (χ3n) is 4.82. The Morgan fingerprint density at radius 1 is 1.00 bits per heavy atom. The van der Waals surface area contributed by atoms with Gasteiger partial charge in [0.15, 0.2) is 0 Å². The summed E-state index contributed by atoms with van der Waals surface area (Å²) in [6.07, 6.45) is 6.95. The highest BCUT2D eigenvalue weighted by molar-refractivity contribution is 5.14. The first-order chi connectivity index (χ1) is 9.43. The molecule has 2 saturated heterocycles. The zero-order valence-electron chi connectivity index (χ0n) is 11.9. The SMILES string of the molecule is c1ccc(CN2CCCCC3CCNCCC32)cc1. The van der Waals surface area contributed by atoms with Crippen LogP contribution in [0.5, 0.6) is 0 Å². The minimum Gasteiger partial charge on any atom is -0.317 e. The van der Waals surface area contributed by atoms with Crippen LogP contribution < -0.4 is 5.32 Å². The molecule has 2 atom stereocenters. The number of nitrogens with zero attached hydrogens (tertiary/aromatic N) is 1. The van der Waals surface area contributed by atoms with Gasteiger partial charge in [0.25, 0.3) is 0 Å². The lowest BCUT2D eigenvalue weighted by Crippen LogP contribution is -2.39. The fraction of sp³-hybridized carbons (Fsp3) is 0.647. The minimum absolute atomic E-state index is 0.803. The molecule has 0 bridgehead atoms. The number of fused-ring (bicyclic) bond motifs is 1. The van der Waals surface area contributed by atoms with Crippen molar-refractivity contribution in [3.63, 3.8) is 0 Å². The Labute approximate surface area is 117 Å². The molecule has 1 aromatic carbocycles. The molecule has 0 radical (unpaired) electrons. The summed E-state index contributed by atoms with van der Waals surface area (Å²) in [7, 11) is 0. The van der Waals surface area contributed by atoms with Crippen molar-refractivity contribution >= 4 is 0 Å². The smallest absolute Gasteiger partial charge is 0.0236 e. The topological polar surface area (TPSA) is 15.3 Å². The molecule has 0 spiro atoms. The highest BCUT2D eigenvalue weighted by atomic mass is 15.2. The Hall–Kier alpha value is -0.860. The Bertz CT molecular complexity index is 374. The number of rotatable bonds is 2. The molecular formula is C17H26N2. The van der Waals surface area contributed by atoms with Gasteiger partial charge in [0, 0.05) is 12.6 Å². The second-order valence-electron chi connectivity index (χ2n) is 6.11. The zero-order valence-corrected chi connectivity index (χ0v) is 11.9. The quantitative estimate of drug-likeness (QED) is 0.877. The van der Waals surface area contributed by atoms with Crippen molar-refractivity contribution in [2.45, 2.75) is 44.7 Å². The van der Waals surface area contributed by atoms with Crippen molar-refractivity contribution in [1.29, 1.82) is 0 Å². The number of nitrogens with one attached hydrogen (secondary N) is 1. The predicted octanol–water partition coefficient (Wildman–Crippen LogP) is 3.04. The summed E-state index contributed by atoms with van der Waals surface area (Å²) in [4.78, 5) is 2.76. The molecule has 0 saturated carbocycles. The molecule has 2 heteroatoms. The van der Waals surface area contributed by atoms with Gasteiger partial charge in [0.1, 0.15) is 0 Å². The van der Waals surface area contributed by atoms with Gasteiger partial charge < -0.3 is 5.32 Å². The average molecular weight is 258 g/mol. The Morgan fingerprint density at radius 2 is 1.84 bits per heavy atom. The van der Waals surface area contributed by atoms with Crippen LogP contribution in [0.25, 0.3) is 0 Å². The van der Waals surface area contributed by atoms with Crippen LogP contribution >= 0.6 is 0 Å². The first-order valence-electron chi connectivity index (χ1n) is 7.92. The second-order valence-corrected chi connectivity index (χ2v) is 6.11. The predicted molar refractivity (Wildman–Crippen MR) is 80.1 cm³/mol. The molecule has 2 aliphatic rings. The number of hydrogen-bond donors (Lipinski definition) is 1. The number of hydrogen-bond acceptors (Lipinski definition) is 2. The zero-order chi connectivity index (χ0) is 12.9. The Balaban J connectivity index is 1.73. The van der Waals surface area contributed by atoms with E-state index >= 15 is 0 Å². The molecule has 3 rings (SSSR count). The molecule has 104 valence electrons. The summed E-state index contributed by atoms with van der Waals surface area (Å²) < 4.78 is 0. The van der Waals surface area contributed by atoms with Gasteiger partial charge >= 0.3 is 0 Å². The van der Waals surface area contributed by atoms with Crippen LogP contribution in [-0.4, -0.2) is 30.6 Å². The third-order valence-corrected chi connectivity index (χ3v) is 4.82. The van der Waals surface area contributed by atoms with Gasteiger partial charge in [-0.2, -0.15) is 0 Å². The summed E-state index contributed by atoms with van der Waals surface area (Å²) in [6.45, 7) is 4.85. The maximum absolute atomic E-state index is 3.58. The summed E-state index contributed by atoms with van der Waals surface area (Å²) >= 11 is 0. The van der Waals surface area contributed by atoms with Crippen LogP contribution in [-0.2, 0) is 6.54 Å². The van der Waals surface area contributed by atoms with Gasteiger partial charge in [0.05, 0.1) is 0 Å². The van der Waals surface area contributed by atoms with Gasteiger partial charge in [-0.25, -0.2) is 0 Å². The van der Waals surface area contributed by atoms with Crippen molar-refractivity contribution in [3.8, 4) is 0 Å². The van der Waals surface area contributed by atoms with Crippen LogP contribution in [0.2, 0.25) is 0 Å². The molecule has 0 aliphatic carbocycles. The summed E-state index contributed by atoms with van der Waals surface area (Å²) in [5, 5.41) is 3.58. The van der Waals surface area contributed by atoms with Crippen LogP contribution in [0, 0.1) is 5.92 Å². The van der Waals surface area contributed by atoms with Crippen LogP contribution in [0.3, 0.4) is 0 Å². The molecular weight excluding hydrogens is 232 g/mol. The molecule has 19 heavy (non-hydrogen) atoms. The Morgan fingerprint density at radius 3 is 2.74 bits per heavy atom. The van der Waals surface area contributed by atoms with Gasteiger partial charge in [-0.05, 0) is 56.8 Å². The van der Waals surface area contributed by atoms with Gasteiger partial charge in [-0.15, -0.1) is 0 Å². The second kappa shape index (κ2) is 6.53. The first-order valence-corrected chi connectivity index (χ1v) is 7.92. The van der Waals surface area contributed by atoms with E-state index in [1.807, 2.05) is 0 Å². The monoisotopic (exact) mass is 258 g/mol. The first kappa shape index (κ1) is 13.1. The van der Waals surface area contributed by atoms with E-state index in [0.29, 0.717) is 0 Å². The van der Waals surface area contributed by atoms with E-state index in [9.17, 15) is 0 Å². The highest BCUT2D eigenvalue weighted by Gasteiger charge is 2.30. The lowest BCUT2D eigenvalue weighted by molar-refractivity contribution is 0.142. The van der Waals surface area contributed by atoms with E-state index in [1.165, 1.54) is 57.3 Å². The van der Waals surface area contributed by atoms with Gasteiger partial charge in [-0.3, -0.25) is 4.90 Å². The maximum Gasteiger partial charge on any atom is 0.0236 e. The average Bonchev–Trinajstić information content (AvgIpc) is 2.77. The largest absolute Gasteiger partial charge is 0.317 e. The minimum atomic E-state index is 0.803. The van der Waals surface area contributed by atoms with Crippen molar-refractivity contribution < 1.29 is 0 Å². The van der Waals surface area contributed by atoms with E-state index in [1.54, 1.807) is 0 Å². The van der Waals surface area contributed by atoms with Crippen LogP contribution in [0.4, 0.5) is 0 Å². The maximum atomic E-state index is 3.58. The van der Waals surface area contributed by atoms with Crippen molar-refractivity contribution in [2.75, 3.05) is 19.6 Å². The molecule has 2 heterocycles. The number of likely N-dealkylation sites (tertiary alicyclic amines) is 1. The number of benzene rings is 1. The van der Waals surface area contributed by atoms with E-state index in [4.69, 9.17) is 0 Å². The molecule has 2 aliphatic heterocycles. The molecule has 2 unspecified atom stereocenters. The van der Waals surface area contributed by atoms with Gasteiger partial charge in [-0.1, -0.05) is 36.8 Å². The lowest BCUT2D eigenvalue weighted by atomic mass is 9.90. The standard InChI is InChI=1S/C17H26N2/c1-2-6-15(7-3-1)14-19-13-5-4-8-16-9-11-18-12-10-17(16)19/h1-3,6-7,16-18H,4-5,8-14H2.